The van der Waals surface area contributed by atoms with Gasteiger partial charge in [-0.15, -0.1) is 12.4 Å². The van der Waals surface area contributed by atoms with Gasteiger partial charge in [-0.25, -0.2) is 8.42 Å². The minimum Gasteiger partial charge on any atom is -0.378 e. The topological polar surface area (TPSA) is 110 Å². The first-order valence-electron chi connectivity index (χ1n) is 7.40. The molecule has 2 aliphatic rings. The van der Waals surface area contributed by atoms with Gasteiger partial charge < -0.3 is 20.3 Å². The molecule has 2 rings (SSSR count). The lowest BCUT2D eigenvalue weighted by molar-refractivity contribution is -0.146. The number of morpholine rings is 1. The molecule has 2 atom stereocenters. The average Bonchev–Trinajstić information content (AvgIpc) is 2.79. The molecule has 23 heavy (non-hydrogen) atoms. The number of ether oxygens (including phenoxy) is 1. The third kappa shape index (κ3) is 5.30. The van der Waals surface area contributed by atoms with Gasteiger partial charge in [0.2, 0.25) is 11.8 Å². The van der Waals surface area contributed by atoms with Crippen LogP contribution in [0.4, 0.5) is 0 Å². The molecule has 0 aromatic carbocycles. The number of nitrogens with zero attached hydrogens (tertiary/aromatic N) is 2. The van der Waals surface area contributed by atoms with Crippen molar-refractivity contribution >= 4 is 34.1 Å². The highest BCUT2D eigenvalue weighted by atomic mass is 35.5. The molecule has 0 radical (unpaired) electrons. The Balaban J connectivity index is 0.00000264. The lowest BCUT2D eigenvalue weighted by Crippen LogP contribution is -2.53. The second-order valence-corrected chi connectivity index (χ2v) is 8.06. The normalized spacial score (nSPS) is 23.6. The number of nitrogens with two attached hydrogens (primary N) is 1. The SMILES string of the molecule is CS(=O)(=O)CC[C@@H](C(=O)N1CCOCC1)N1CC[C@H](N)C1=O.Cl. The quantitative estimate of drug-likeness (QED) is 0.640. The van der Waals surface area contributed by atoms with Crippen molar-refractivity contribution in [3.05, 3.63) is 0 Å². The van der Waals surface area contributed by atoms with Gasteiger partial charge in [0.05, 0.1) is 25.0 Å². The van der Waals surface area contributed by atoms with Crippen molar-refractivity contribution in [2.45, 2.75) is 24.9 Å². The fourth-order valence-corrected chi connectivity index (χ4v) is 3.42. The first-order chi connectivity index (χ1) is 10.3. The third-order valence-electron chi connectivity index (χ3n) is 4.03. The van der Waals surface area contributed by atoms with E-state index < -0.39 is 21.9 Å². The van der Waals surface area contributed by atoms with Gasteiger partial charge in [0.15, 0.2) is 0 Å². The van der Waals surface area contributed by atoms with Crippen LogP contribution in [0, 0.1) is 0 Å². The molecule has 134 valence electrons. The second-order valence-electron chi connectivity index (χ2n) is 5.80. The summed E-state index contributed by atoms with van der Waals surface area (Å²) in [6.45, 7) is 2.23. The fraction of sp³-hybridized carbons (Fsp3) is 0.846. The molecule has 0 saturated carbocycles. The zero-order chi connectivity index (χ0) is 16.3. The summed E-state index contributed by atoms with van der Waals surface area (Å²) in [5, 5.41) is 0. The Bertz CT molecular complexity index is 536. The molecule has 2 aliphatic heterocycles. The smallest absolute Gasteiger partial charge is 0.245 e. The first-order valence-corrected chi connectivity index (χ1v) is 9.46. The van der Waals surface area contributed by atoms with Crippen LogP contribution in [-0.2, 0) is 24.2 Å². The molecule has 2 fully saturated rings. The lowest BCUT2D eigenvalue weighted by Gasteiger charge is -2.34. The van der Waals surface area contributed by atoms with Gasteiger partial charge in [-0.3, -0.25) is 9.59 Å². The van der Waals surface area contributed by atoms with E-state index in [1.807, 2.05) is 0 Å². The minimum absolute atomic E-state index is 0. The number of carbonyl (C=O) groups excluding carboxylic acids is 2. The van der Waals surface area contributed by atoms with Crippen molar-refractivity contribution in [1.82, 2.24) is 9.80 Å². The predicted molar refractivity (Wildman–Crippen MR) is 87.1 cm³/mol. The Kier molecular flexibility index (Phi) is 7.25. The second kappa shape index (κ2) is 8.27. The van der Waals surface area contributed by atoms with E-state index in [4.69, 9.17) is 10.5 Å². The number of halogens is 1. The summed E-state index contributed by atoms with van der Waals surface area (Å²) in [4.78, 5) is 27.9. The highest BCUT2D eigenvalue weighted by Crippen LogP contribution is 2.18. The molecule has 10 heteroatoms. The predicted octanol–water partition coefficient (Wildman–Crippen LogP) is -1.37. The van der Waals surface area contributed by atoms with E-state index in [0.29, 0.717) is 39.3 Å². The van der Waals surface area contributed by atoms with E-state index in [1.165, 1.54) is 4.90 Å². The summed E-state index contributed by atoms with van der Waals surface area (Å²) in [5.41, 5.74) is 5.71. The minimum atomic E-state index is -3.21. The fourth-order valence-electron chi connectivity index (χ4n) is 2.77. The van der Waals surface area contributed by atoms with Gasteiger partial charge in [0, 0.05) is 25.9 Å². The summed E-state index contributed by atoms with van der Waals surface area (Å²) in [7, 11) is -3.21. The van der Waals surface area contributed by atoms with E-state index in [9.17, 15) is 18.0 Å². The lowest BCUT2D eigenvalue weighted by atomic mass is 10.1. The molecule has 2 amide bonds. The Labute approximate surface area is 142 Å². The zero-order valence-electron chi connectivity index (χ0n) is 13.1. The molecule has 0 bridgehead atoms. The third-order valence-corrected chi connectivity index (χ3v) is 5.00. The van der Waals surface area contributed by atoms with Crippen molar-refractivity contribution < 1.29 is 22.7 Å². The maximum atomic E-state index is 12.7. The van der Waals surface area contributed by atoms with Crippen molar-refractivity contribution in [3.8, 4) is 0 Å². The Hall–Kier alpha value is -0.900. The van der Waals surface area contributed by atoms with E-state index in [2.05, 4.69) is 0 Å². The van der Waals surface area contributed by atoms with Crippen molar-refractivity contribution in [1.29, 1.82) is 0 Å². The van der Waals surface area contributed by atoms with Crippen LogP contribution in [0.15, 0.2) is 0 Å². The molecule has 0 aliphatic carbocycles. The number of amides is 2. The van der Waals surface area contributed by atoms with E-state index in [-0.39, 0.29) is 36.4 Å². The number of hydrogen-bond acceptors (Lipinski definition) is 6. The molecule has 0 aromatic rings. The standard InChI is InChI=1S/C13H23N3O5S.ClH/c1-22(19,20)9-3-11(16-4-2-10(14)12(16)17)13(18)15-5-7-21-8-6-15;/h10-11H,2-9,14H2,1H3;1H/t10-,11-;/m0./s1. The number of sulfone groups is 1. The van der Waals surface area contributed by atoms with Crippen LogP contribution in [0.2, 0.25) is 0 Å². The van der Waals surface area contributed by atoms with Crippen LogP contribution in [0.25, 0.3) is 0 Å². The summed E-state index contributed by atoms with van der Waals surface area (Å²) < 4.78 is 28.1. The van der Waals surface area contributed by atoms with E-state index in [1.54, 1.807) is 4.90 Å². The van der Waals surface area contributed by atoms with Crippen LogP contribution < -0.4 is 5.73 Å². The molecule has 8 nitrogen and oxygen atoms in total. The number of likely N-dealkylation sites (tertiary alicyclic amines) is 1. The number of hydrogen-bond donors (Lipinski definition) is 1. The van der Waals surface area contributed by atoms with Gasteiger partial charge in [0.1, 0.15) is 15.9 Å². The molecule has 0 unspecified atom stereocenters. The molecular weight excluding hydrogens is 346 g/mol. The van der Waals surface area contributed by atoms with Crippen LogP contribution in [-0.4, -0.2) is 87.0 Å². The van der Waals surface area contributed by atoms with Crippen LogP contribution >= 0.6 is 12.4 Å². The Morgan fingerprint density at radius 1 is 1.35 bits per heavy atom. The van der Waals surface area contributed by atoms with Crippen molar-refractivity contribution in [3.63, 3.8) is 0 Å². The molecule has 0 spiro atoms. The van der Waals surface area contributed by atoms with Crippen molar-refractivity contribution in [2.75, 3.05) is 44.9 Å². The molecule has 2 N–H and O–H groups in total. The monoisotopic (exact) mass is 369 g/mol. The summed E-state index contributed by atoms with van der Waals surface area (Å²) >= 11 is 0. The van der Waals surface area contributed by atoms with Crippen LogP contribution in [0.5, 0.6) is 0 Å². The highest BCUT2D eigenvalue weighted by Gasteiger charge is 2.39. The van der Waals surface area contributed by atoms with E-state index >= 15 is 0 Å². The Morgan fingerprint density at radius 2 is 1.96 bits per heavy atom. The van der Waals surface area contributed by atoms with Gasteiger partial charge in [-0.05, 0) is 12.8 Å². The summed E-state index contributed by atoms with van der Waals surface area (Å²) in [6.07, 6.45) is 1.72. The van der Waals surface area contributed by atoms with Crippen LogP contribution in [0.3, 0.4) is 0 Å². The van der Waals surface area contributed by atoms with Gasteiger partial charge in [0.25, 0.3) is 0 Å². The highest BCUT2D eigenvalue weighted by molar-refractivity contribution is 7.90. The molecule has 2 saturated heterocycles. The van der Waals surface area contributed by atoms with Gasteiger partial charge in [-0.1, -0.05) is 0 Å². The first kappa shape index (κ1) is 20.1. The molecule has 0 aromatic heterocycles. The van der Waals surface area contributed by atoms with Crippen molar-refractivity contribution in [2.24, 2.45) is 5.73 Å². The maximum absolute atomic E-state index is 12.7. The average molecular weight is 370 g/mol. The Morgan fingerprint density at radius 3 is 2.43 bits per heavy atom. The zero-order valence-corrected chi connectivity index (χ0v) is 14.8. The largest absolute Gasteiger partial charge is 0.378 e. The van der Waals surface area contributed by atoms with Gasteiger partial charge >= 0.3 is 0 Å². The van der Waals surface area contributed by atoms with Crippen LogP contribution in [0.1, 0.15) is 12.8 Å². The molecule has 2 heterocycles. The summed E-state index contributed by atoms with van der Waals surface area (Å²) in [5.74, 6) is -0.623. The van der Waals surface area contributed by atoms with Gasteiger partial charge in [-0.2, -0.15) is 0 Å². The number of rotatable bonds is 5. The maximum Gasteiger partial charge on any atom is 0.245 e. The van der Waals surface area contributed by atoms with E-state index in [0.717, 1.165) is 6.26 Å². The molecular formula is C13H24ClN3O5S. The number of carbonyl (C=O) groups is 2. The summed E-state index contributed by atoms with van der Waals surface area (Å²) in [6, 6.07) is -1.35.